The highest BCUT2D eigenvalue weighted by atomic mass is 32.2. The lowest BCUT2D eigenvalue weighted by atomic mass is 9.74. The molecule has 3 aliphatic rings. The van der Waals surface area contributed by atoms with Gasteiger partial charge < -0.3 is 9.15 Å². The van der Waals surface area contributed by atoms with Gasteiger partial charge in [0.15, 0.2) is 0 Å². The standard InChI is InChI=1S/C21H24F3N3O4S/c1-13-17(20-26-25-14(2)31-20)8-9-18-19(13)27(10-11-30-18)32(28,29)16-7-5-3-4-6-15(12-16)21(22,23)24/h3-7,12-13,17-19H,8-11H2,1-2H3/b4-3?,5-3-,6-4-,7-5?,15-6?,15-12-,16-7-,16-12?/t13?,17?,18?,19-/m1/s1. The second kappa shape index (κ2) is 8.60. The number of nitrogens with zero attached hydrogens (tertiary/aromatic N) is 3. The van der Waals surface area contributed by atoms with E-state index in [1.54, 1.807) is 6.92 Å². The van der Waals surface area contributed by atoms with E-state index >= 15 is 0 Å². The molecule has 0 bridgehead atoms. The van der Waals surface area contributed by atoms with Gasteiger partial charge in [0.05, 0.1) is 29.2 Å². The zero-order valence-corrected chi connectivity index (χ0v) is 18.4. The molecule has 1 aromatic heterocycles. The highest BCUT2D eigenvalue weighted by Crippen LogP contribution is 2.43. The van der Waals surface area contributed by atoms with Crippen LogP contribution in [0.1, 0.15) is 37.5 Å². The summed E-state index contributed by atoms with van der Waals surface area (Å²) in [7, 11) is -4.24. The molecule has 4 atom stereocenters. The molecular formula is C21H24F3N3O4S. The Bertz CT molecular complexity index is 1090. The Morgan fingerprint density at radius 2 is 1.94 bits per heavy atom. The Kier molecular flexibility index (Phi) is 6.17. The van der Waals surface area contributed by atoms with Crippen LogP contribution in [-0.2, 0) is 14.8 Å². The summed E-state index contributed by atoms with van der Waals surface area (Å²) in [6.45, 7) is 3.80. The van der Waals surface area contributed by atoms with Crippen molar-refractivity contribution in [3.8, 4) is 0 Å². The van der Waals surface area contributed by atoms with Gasteiger partial charge in [0, 0.05) is 19.4 Å². The number of halogens is 3. The van der Waals surface area contributed by atoms with E-state index in [2.05, 4.69) is 10.2 Å². The van der Waals surface area contributed by atoms with Crippen molar-refractivity contribution >= 4 is 10.0 Å². The third-order valence-electron chi connectivity index (χ3n) is 6.14. The molecule has 11 heteroatoms. The van der Waals surface area contributed by atoms with Gasteiger partial charge in [0.25, 0.3) is 0 Å². The summed E-state index contributed by atoms with van der Waals surface area (Å²) in [5.41, 5.74) is -1.03. The first kappa shape index (κ1) is 22.9. The monoisotopic (exact) mass is 471 g/mol. The molecule has 1 aromatic rings. The number of ether oxygens (including phenoxy) is 1. The molecule has 2 fully saturated rings. The third-order valence-corrected chi connectivity index (χ3v) is 8.03. The average Bonchev–Trinajstić information content (AvgIpc) is 3.12. The van der Waals surface area contributed by atoms with Gasteiger partial charge in [-0.05, 0) is 37.0 Å². The molecule has 32 heavy (non-hydrogen) atoms. The first-order valence-electron chi connectivity index (χ1n) is 10.4. The Morgan fingerprint density at radius 1 is 1.16 bits per heavy atom. The predicted molar refractivity (Wildman–Crippen MR) is 110 cm³/mol. The second-order valence-corrected chi connectivity index (χ2v) is 10.0. The van der Waals surface area contributed by atoms with E-state index in [1.807, 2.05) is 6.92 Å². The molecule has 174 valence electrons. The predicted octanol–water partition coefficient (Wildman–Crippen LogP) is 3.79. The van der Waals surface area contributed by atoms with Crippen LogP contribution < -0.4 is 0 Å². The number of hydrogen-bond acceptors (Lipinski definition) is 6. The fraction of sp³-hybridized carbons (Fsp3) is 0.524. The number of rotatable bonds is 3. The summed E-state index contributed by atoms with van der Waals surface area (Å²) in [4.78, 5) is -0.408. The number of aromatic nitrogens is 2. The van der Waals surface area contributed by atoms with E-state index in [0.717, 1.165) is 6.08 Å². The summed E-state index contributed by atoms with van der Waals surface area (Å²) in [5.74, 6) is 0.448. The van der Waals surface area contributed by atoms with Crippen molar-refractivity contribution in [1.82, 2.24) is 14.5 Å². The van der Waals surface area contributed by atoms with E-state index in [0.29, 0.717) is 30.7 Å². The lowest BCUT2D eigenvalue weighted by Gasteiger charge is -2.48. The third kappa shape index (κ3) is 4.33. The van der Waals surface area contributed by atoms with Crippen molar-refractivity contribution in [2.45, 2.75) is 50.9 Å². The van der Waals surface area contributed by atoms with Crippen molar-refractivity contribution in [2.75, 3.05) is 13.2 Å². The minimum absolute atomic E-state index is 0.0511. The topological polar surface area (TPSA) is 85.5 Å². The summed E-state index contributed by atoms with van der Waals surface area (Å²) in [6.07, 6.45) is 2.99. The Morgan fingerprint density at radius 3 is 2.62 bits per heavy atom. The number of aryl methyl sites for hydroxylation is 1. The van der Waals surface area contributed by atoms with Crippen LogP contribution in [0.15, 0.2) is 51.4 Å². The van der Waals surface area contributed by atoms with Gasteiger partial charge in [-0.25, -0.2) is 8.42 Å². The first-order chi connectivity index (χ1) is 15.1. The molecule has 1 saturated carbocycles. The van der Waals surface area contributed by atoms with Crippen molar-refractivity contribution in [2.24, 2.45) is 5.92 Å². The van der Waals surface area contributed by atoms with E-state index in [9.17, 15) is 21.6 Å². The first-order valence-corrected chi connectivity index (χ1v) is 11.8. The normalized spacial score (nSPS) is 34.9. The minimum atomic E-state index is -4.68. The fourth-order valence-electron chi connectivity index (χ4n) is 4.61. The molecule has 3 unspecified atom stereocenters. The fourth-order valence-corrected chi connectivity index (χ4v) is 6.37. The maximum atomic E-state index is 13.6. The summed E-state index contributed by atoms with van der Waals surface area (Å²) >= 11 is 0. The van der Waals surface area contributed by atoms with Crippen LogP contribution in [0.25, 0.3) is 0 Å². The second-order valence-electron chi connectivity index (χ2n) is 8.13. The van der Waals surface area contributed by atoms with Gasteiger partial charge in [0.2, 0.25) is 21.8 Å². The maximum absolute atomic E-state index is 13.6. The van der Waals surface area contributed by atoms with E-state index in [-0.39, 0.29) is 31.1 Å². The number of sulfonamides is 1. The lowest BCUT2D eigenvalue weighted by molar-refractivity contribution is -0.0883. The van der Waals surface area contributed by atoms with Gasteiger partial charge in [-0.2, -0.15) is 17.5 Å². The number of alkyl halides is 3. The summed E-state index contributed by atoms with van der Waals surface area (Å²) in [6, 6.07) is -0.562. The van der Waals surface area contributed by atoms with Crippen LogP contribution in [-0.4, -0.2) is 54.4 Å². The molecule has 1 saturated heterocycles. The minimum Gasteiger partial charge on any atom is -0.425 e. The molecule has 2 heterocycles. The zero-order valence-electron chi connectivity index (χ0n) is 17.6. The summed E-state index contributed by atoms with van der Waals surface area (Å²) in [5, 5.41) is 7.98. The maximum Gasteiger partial charge on any atom is 0.416 e. The molecule has 2 aliphatic carbocycles. The molecule has 0 N–H and O–H groups in total. The molecule has 0 spiro atoms. The van der Waals surface area contributed by atoms with E-state index in [4.69, 9.17) is 9.15 Å². The zero-order chi connectivity index (χ0) is 23.1. The van der Waals surface area contributed by atoms with Crippen molar-refractivity contribution in [3.63, 3.8) is 0 Å². The SMILES string of the molecule is Cc1nnc(C2CCC3OCCN(S(=O)(=O)C4=C\C=C/C=C\C(C(F)(F)F)=C\4)[C@@H]3C2C)o1. The molecule has 0 radical (unpaired) electrons. The molecule has 0 aromatic carbocycles. The van der Waals surface area contributed by atoms with Crippen molar-refractivity contribution in [1.29, 1.82) is 0 Å². The van der Waals surface area contributed by atoms with Crippen LogP contribution in [0.2, 0.25) is 0 Å². The van der Waals surface area contributed by atoms with Crippen molar-refractivity contribution < 1.29 is 30.7 Å². The van der Waals surface area contributed by atoms with Gasteiger partial charge in [-0.3, -0.25) is 0 Å². The average molecular weight is 472 g/mol. The van der Waals surface area contributed by atoms with Crippen LogP contribution in [0.3, 0.4) is 0 Å². The van der Waals surface area contributed by atoms with Crippen LogP contribution in [0, 0.1) is 12.8 Å². The number of hydrogen-bond donors (Lipinski definition) is 0. The van der Waals surface area contributed by atoms with Crippen LogP contribution in [0.4, 0.5) is 13.2 Å². The quantitative estimate of drug-likeness (QED) is 0.667. The van der Waals surface area contributed by atoms with Crippen LogP contribution >= 0.6 is 0 Å². The van der Waals surface area contributed by atoms with Crippen LogP contribution in [0.5, 0.6) is 0 Å². The smallest absolute Gasteiger partial charge is 0.416 e. The van der Waals surface area contributed by atoms with E-state index in [1.165, 1.54) is 28.6 Å². The summed E-state index contributed by atoms with van der Waals surface area (Å²) < 4.78 is 80.2. The molecule has 0 amide bonds. The molecular weight excluding hydrogens is 447 g/mol. The number of fused-ring (bicyclic) bond motifs is 1. The lowest BCUT2D eigenvalue weighted by Crippen LogP contribution is -2.59. The number of morpholine rings is 1. The molecule has 4 rings (SSSR count). The Labute approximate surface area is 184 Å². The van der Waals surface area contributed by atoms with Gasteiger partial charge >= 0.3 is 6.18 Å². The Balaban J connectivity index is 1.70. The van der Waals surface area contributed by atoms with Gasteiger partial charge in [-0.1, -0.05) is 25.2 Å². The largest absolute Gasteiger partial charge is 0.425 e. The van der Waals surface area contributed by atoms with Gasteiger partial charge in [0.1, 0.15) is 0 Å². The van der Waals surface area contributed by atoms with E-state index < -0.39 is 32.7 Å². The molecule has 1 aliphatic heterocycles. The highest BCUT2D eigenvalue weighted by molar-refractivity contribution is 7.93. The molecule has 7 nitrogen and oxygen atoms in total. The van der Waals surface area contributed by atoms with Crippen molar-refractivity contribution in [3.05, 3.63) is 58.7 Å². The number of allylic oxidation sites excluding steroid dienone is 7. The Hall–Kier alpha value is -2.24. The highest BCUT2D eigenvalue weighted by Gasteiger charge is 2.49. The van der Waals surface area contributed by atoms with Gasteiger partial charge in [-0.15, -0.1) is 10.2 Å².